The number of aromatic hydroxyl groups is 1. The van der Waals surface area contributed by atoms with Crippen molar-refractivity contribution in [3.05, 3.63) is 23.8 Å². The van der Waals surface area contributed by atoms with Crippen LogP contribution in [0.15, 0.2) is 18.2 Å². The zero-order chi connectivity index (χ0) is 12.1. The minimum Gasteiger partial charge on any atom is -0.508 e. The molecular weight excluding hydrogens is 214 g/mol. The Morgan fingerprint density at radius 2 is 2.00 bits per heavy atom. The number of phenols is 1. The predicted octanol–water partition coefficient (Wildman–Crippen LogP) is 2.57. The summed E-state index contributed by atoms with van der Waals surface area (Å²) in [5.74, 6) is 1.17. The van der Waals surface area contributed by atoms with E-state index in [0.29, 0.717) is 5.75 Å². The molecule has 0 spiro atoms. The highest BCUT2D eigenvalue weighted by molar-refractivity contribution is 5.38. The number of nitrogens with zero attached hydrogens (tertiary/aromatic N) is 1. The van der Waals surface area contributed by atoms with Crippen LogP contribution < -0.4 is 4.74 Å². The van der Waals surface area contributed by atoms with Crippen LogP contribution in [0.3, 0.4) is 0 Å². The molecule has 1 N–H and O–H groups in total. The fourth-order valence-corrected chi connectivity index (χ4v) is 2.19. The maximum atomic E-state index is 9.41. The van der Waals surface area contributed by atoms with Gasteiger partial charge in [-0.05, 0) is 56.6 Å². The molecule has 0 aromatic heterocycles. The molecule has 0 radical (unpaired) electrons. The first-order chi connectivity index (χ1) is 8.25. The quantitative estimate of drug-likeness (QED) is 0.870. The van der Waals surface area contributed by atoms with Crippen molar-refractivity contribution < 1.29 is 9.84 Å². The van der Waals surface area contributed by atoms with Crippen molar-refractivity contribution >= 4 is 0 Å². The van der Waals surface area contributed by atoms with Gasteiger partial charge in [-0.25, -0.2) is 0 Å². The van der Waals surface area contributed by atoms with E-state index in [1.165, 1.54) is 32.4 Å². The summed E-state index contributed by atoms with van der Waals surface area (Å²) in [7, 11) is 0. The van der Waals surface area contributed by atoms with Crippen LogP contribution in [0.5, 0.6) is 11.5 Å². The fourth-order valence-electron chi connectivity index (χ4n) is 2.19. The van der Waals surface area contributed by atoms with E-state index in [1.54, 1.807) is 6.07 Å². The van der Waals surface area contributed by atoms with Crippen LogP contribution in [0.2, 0.25) is 0 Å². The minimum absolute atomic E-state index is 0.327. The molecule has 0 atom stereocenters. The van der Waals surface area contributed by atoms with E-state index < -0.39 is 0 Å². The molecule has 3 heteroatoms. The monoisotopic (exact) mass is 235 g/mol. The predicted molar refractivity (Wildman–Crippen MR) is 68.6 cm³/mol. The molecule has 1 fully saturated rings. The summed E-state index contributed by atoms with van der Waals surface area (Å²) in [6, 6.07) is 5.38. The largest absolute Gasteiger partial charge is 0.508 e. The number of piperidine rings is 1. The van der Waals surface area contributed by atoms with Gasteiger partial charge in [-0.1, -0.05) is 6.42 Å². The zero-order valence-electron chi connectivity index (χ0n) is 10.5. The van der Waals surface area contributed by atoms with Gasteiger partial charge < -0.3 is 9.84 Å². The zero-order valence-corrected chi connectivity index (χ0v) is 10.5. The Morgan fingerprint density at radius 1 is 1.24 bits per heavy atom. The summed E-state index contributed by atoms with van der Waals surface area (Å²) in [5.41, 5.74) is 0.862. The summed E-state index contributed by atoms with van der Waals surface area (Å²) in [5, 5.41) is 9.41. The molecule has 0 aliphatic carbocycles. The van der Waals surface area contributed by atoms with Crippen LogP contribution in [-0.4, -0.2) is 36.2 Å². The number of aryl methyl sites for hydroxylation is 1. The van der Waals surface area contributed by atoms with Gasteiger partial charge in [0.05, 0.1) is 0 Å². The molecule has 1 saturated heterocycles. The molecule has 94 valence electrons. The summed E-state index contributed by atoms with van der Waals surface area (Å²) in [6.45, 7) is 6.02. The average Bonchev–Trinajstić information content (AvgIpc) is 2.35. The van der Waals surface area contributed by atoms with Gasteiger partial charge >= 0.3 is 0 Å². The van der Waals surface area contributed by atoms with E-state index >= 15 is 0 Å². The Morgan fingerprint density at radius 3 is 2.71 bits per heavy atom. The molecule has 0 unspecified atom stereocenters. The Hall–Kier alpha value is -1.22. The SMILES string of the molecule is Cc1cc(OCCN2CCCCC2)ccc1O. The second-order valence-electron chi connectivity index (χ2n) is 4.70. The molecule has 2 rings (SSSR count). The van der Waals surface area contributed by atoms with Gasteiger partial charge in [-0.2, -0.15) is 0 Å². The van der Waals surface area contributed by atoms with Crippen LogP contribution in [0.4, 0.5) is 0 Å². The number of hydrogen-bond donors (Lipinski definition) is 1. The lowest BCUT2D eigenvalue weighted by atomic mass is 10.1. The second-order valence-corrected chi connectivity index (χ2v) is 4.70. The van der Waals surface area contributed by atoms with Crippen molar-refractivity contribution in [1.29, 1.82) is 0 Å². The van der Waals surface area contributed by atoms with Gasteiger partial charge in [0, 0.05) is 6.54 Å². The highest BCUT2D eigenvalue weighted by Crippen LogP contribution is 2.21. The third-order valence-corrected chi connectivity index (χ3v) is 3.29. The van der Waals surface area contributed by atoms with Gasteiger partial charge in [-0.15, -0.1) is 0 Å². The molecule has 1 aliphatic heterocycles. The van der Waals surface area contributed by atoms with Gasteiger partial charge in [-0.3, -0.25) is 4.90 Å². The van der Waals surface area contributed by atoms with Gasteiger partial charge in [0.2, 0.25) is 0 Å². The lowest BCUT2D eigenvalue weighted by Gasteiger charge is -2.26. The van der Waals surface area contributed by atoms with Crippen LogP contribution in [0.25, 0.3) is 0 Å². The molecule has 1 aromatic carbocycles. The summed E-state index contributed by atoms with van der Waals surface area (Å²) < 4.78 is 5.69. The van der Waals surface area contributed by atoms with E-state index in [4.69, 9.17) is 4.74 Å². The Balaban J connectivity index is 1.75. The van der Waals surface area contributed by atoms with Gasteiger partial charge in [0.25, 0.3) is 0 Å². The molecule has 1 heterocycles. The second kappa shape index (κ2) is 5.92. The van der Waals surface area contributed by atoms with Gasteiger partial charge in [0.1, 0.15) is 18.1 Å². The van der Waals surface area contributed by atoms with Crippen LogP contribution in [-0.2, 0) is 0 Å². The number of rotatable bonds is 4. The van der Waals surface area contributed by atoms with E-state index in [1.807, 2.05) is 19.1 Å². The number of ether oxygens (including phenoxy) is 1. The third-order valence-electron chi connectivity index (χ3n) is 3.29. The highest BCUT2D eigenvalue weighted by atomic mass is 16.5. The lowest BCUT2D eigenvalue weighted by Crippen LogP contribution is -2.33. The maximum absolute atomic E-state index is 9.41. The molecule has 0 saturated carbocycles. The Bertz CT molecular complexity index is 359. The third kappa shape index (κ3) is 3.63. The van der Waals surface area contributed by atoms with Crippen molar-refractivity contribution in [3.8, 4) is 11.5 Å². The number of phenolic OH excluding ortho intramolecular Hbond substituents is 1. The van der Waals surface area contributed by atoms with E-state index in [9.17, 15) is 5.11 Å². The molecular formula is C14H21NO2. The molecule has 1 aromatic rings. The Kier molecular flexibility index (Phi) is 4.26. The minimum atomic E-state index is 0.327. The van der Waals surface area contributed by atoms with Crippen LogP contribution in [0.1, 0.15) is 24.8 Å². The number of likely N-dealkylation sites (tertiary alicyclic amines) is 1. The normalized spacial score (nSPS) is 17.0. The molecule has 3 nitrogen and oxygen atoms in total. The maximum Gasteiger partial charge on any atom is 0.119 e. The topological polar surface area (TPSA) is 32.7 Å². The number of hydrogen-bond acceptors (Lipinski definition) is 3. The van der Waals surface area contributed by atoms with Crippen molar-refractivity contribution in [3.63, 3.8) is 0 Å². The van der Waals surface area contributed by atoms with Crippen molar-refractivity contribution in [2.24, 2.45) is 0 Å². The average molecular weight is 235 g/mol. The highest BCUT2D eigenvalue weighted by Gasteiger charge is 2.09. The number of benzene rings is 1. The standard InChI is InChI=1S/C14H21NO2/c1-12-11-13(5-6-14(12)16)17-10-9-15-7-3-2-4-8-15/h5-6,11,16H,2-4,7-10H2,1H3. The summed E-state index contributed by atoms with van der Waals surface area (Å²) >= 11 is 0. The summed E-state index contributed by atoms with van der Waals surface area (Å²) in [4.78, 5) is 2.46. The Labute approximate surface area is 103 Å². The van der Waals surface area contributed by atoms with Crippen molar-refractivity contribution in [1.82, 2.24) is 4.90 Å². The van der Waals surface area contributed by atoms with Crippen LogP contribution >= 0.6 is 0 Å². The molecule has 0 bridgehead atoms. The van der Waals surface area contributed by atoms with E-state index in [0.717, 1.165) is 24.5 Å². The van der Waals surface area contributed by atoms with E-state index in [-0.39, 0.29) is 0 Å². The fraction of sp³-hybridized carbons (Fsp3) is 0.571. The van der Waals surface area contributed by atoms with Gasteiger partial charge in [0.15, 0.2) is 0 Å². The van der Waals surface area contributed by atoms with E-state index in [2.05, 4.69) is 4.90 Å². The summed E-state index contributed by atoms with van der Waals surface area (Å²) in [6.07, 6.45) is 4.01. The first-order valence-corrected chi connectivity index (χ1v) is 6.40. The molecule has 1 aliphatic rings. The van der Waals surface area contributed by atoms with Crippen molar-refractivity contribution in [2.75, 3.05) is 26.2 Å². The smallest absolute Gasteiger partial charge is 0.119 e. The molecule has 17 heavy (non-hydrogen) atoms. The molecule has 0 amide bonds. The first kappa shape index (κ1) is 12.2. The first-order valence-electron chi connectivity index (χ1n) is 6.40. The lowest BCUT2D eigenvalue weighted by molar-refractivity contribution is 0.183. The van der Waals surface area contributed by atoms with Crippen LogP contribution in [0, 0.1) is 6.92 Å². The van der Waals surface area contributed by atoms with Crippen molar-refractivity contribution in [2.45, 2.75) is 26.2 Å².